The second-order valence-corrected chi connectivity index (χ2v) is 6.79. The molecular formula is C20H25ClN6O. The highest BCUT2D eigenvalue weighted by molar-refractivity contribution is 6.31. The maximum absolute atomic E-state index is 8.79. The molecule has 2 heterocycles. The fourth-order valence-electron chi connectivity index (χ4n) is 2.82. The van der Waals surface area contributed by atoms with Crippen molar-refractivity contribution < 1.29 is 5.11 Å². The van der Waals surface area contributed by atoms with E-state index in [9.17, 15) is 0 Å². The van der Waals surface area contributed by atoms with Crippen LogP contribution in [0.1, 0.15) is 19.3 Å². The number of hydrogen-bond donors (Lipinski definition) is 4. The molecule has 3 aromatic rings. The molecule has 4 N–H and O–H groups in total. The molecule has 0 saturated heterocycles. The van der Waals surface area contributed by atoms with Gasteiger partial charge in [-0.1, -0.05) is 11.6 Å². The van der Waals surface area contributed by atoms with Crippen molar-refractivity contribution in [1.29, 1.82) is 0 Å². The number of nitrogens with one attached hydrogen (secondary N) is 3. The monoisotopic (exact) mass is 400 g/mol. The van der Waals surface area contributed by atoms with Gasteiger partial charge in [0.25, 0.3) is 0 Å². The van der Waals surface area contributed by atoms with Gasteiger partial charge in [0.2, 0.25) is 5.95 Å². The smallest absolute Gasteiger partial charge is 0.224 e. The highest BCUT2D eigenvalue weighted by atomic mass is 35.5. The minimum atomic E-state index is 0.243. The zero-order valence-electron chi connectivity index (χ0n) is 15.7. The fourth-order valence-corrected chi connectivity index (χ4v) is 2.99. The van der Waals surface area contributed by atoms with Crippen molar-refractivity contribution in [3.05, 3.63) is 47.7 Å². The number of unbranched alkanes of at least 4 members (excludes halogenated alkanes) is 2. The molecule has 8 heteroatoms. The summed E-state index contributed by atoms with van der Waals surface area (Å²) in [4.78, 5) is 13.0. The highest BCUT2D eigenvalue weighted by Gasteiger charge is 2.03. The third-order valence-electron chi connectivity index (χ3n) is 4.22. The second-order valence-electron chi connectivity index (χ2n) is 6.35. The predicted molar refractivity (Wildman–Crippen MR) is 115 cm³/mol. The van der Waals surface area contributed by atoms with Crippen LogP contribution >= 0.6 is 11.6 Å². The van der Waals surface area contributed by atoms with Gasteiger partial charge < -0.3 is 21.1 Å². The van der Waals surface area contributed by atoms with E-state index in [-0.39, 0.29) is 6.61 Å². The first-order chi connectivity index (χ1) is 13.8. The molecule has 7 nitrogen and oxygen atoms in total. The molecule has 148 valence electrons. The van der Waals surface area contributed by atoms with Crippen molar-refractivity contribution in [3.63, 3.8) is 0 Å². The number of hydrogen-bond acceptors (Lipinski definition) is 7. The SMILES string of the molecule is OCCCCCNc1nccc(NCCNc2ccnc3cc(Cl)ccc23)n1. The summed E-state index contributed by atoms with van der Waals surface area (Å²) >= 11 is 6.03. The Morgan fingerprint density at radius 1 is 0.857 bits per heavy atom. The van der Waals surface area contributed by atoms with Gasteiger partial charge in [-0.2, -0.15) is 4.98 Å². The van der Waals surface area contributed by atoms with Crippen LogP contribution in [-0.2, 0) is 0 Å². The first-order valence-electron chi connectivity index (χ1n) is 9.46. The van der Waals surface area contributed by atoms with E-state index in [1.165, 1.54) is 0 Å². The van der Waals surface area contributed by atoms with Crippen LogP contribution in [0.2, 0.25) is 5.02 Å². The molecule has 0 aliphatic rings. The Labute approximate surface area is 169 Å². The number of pyridine rings is 1. The standard InChI is InChI=1S/C20H25ClN6O/c21-15-4-5-16-17(6-9-22-18(16)14-15)23-11-12-24-19-7-10-26-20(27-19)25-8-2-1-3-13-28/h4-7,9-10,14,28H,1-3,8,11-13H2,(H,22,23)(H2,24,25,26,27). The van der Waals surface area contributed by atoms with Gasteiger partial charge in [-0.05, 0) is 49.6 Å². The molecule has 0 unspecified atom stereocenters. The number of rotatable bonds is 11. The third-order valence-corrected chi connectivity index (χ3v) is 4.46. The van der Waals surface area contributed by atoms with E-state index >= 15 is 0 Å². The summed E-state index contributed by atoms with van der Waals surface area (Å²) in [5.41, 5.74) is 1.90. The van der Waals surface area contributed by atoms with Crippen LogP contribution < -0.4 is 16.0 Å². The van der Waals surface area contributed by atoms with Crippen molar-refractivity contribution in [2.24, 2.45) is 0 Å². The van der Waals surface area contributed by atoms with Crippen molar-refractivity contribution in [1.82, 2.24) is 15.0 Å². The van der Waals surface area contributed by atoms with E-state index in [1.54, 1.807) is 12.4 Å². The molecule has 0 bridgehead atoms. The summed E-state index contributed by atoms with van der Waals surface area (Å²) in [6, 6.07) is 9.51. The average Bonchev–Trinajstić information content (AvgIpc) is 2.71. The lowest BCUT2D eigenvalue weighted by Gasteiger charge is -2.11. The molecule has 0 saturated carbocycles. The number of aliphatic hydroxyl groups is 1. The summed E-state index contributed by atoms with van der Waals surface area (Å²) in [5.74, 6) is 1.39. The molecule has 0 atom stereocenters. The summed E-state index contributed by atoms with van der Waals surface area (Å²) in [6.07, 6.45) is 6.31. The number of halogens is 1. The summed E-state index contributed by atoms with van der Waals surface area (Å²) in [7, 11) is 0. The van der Waals surface area contributed by atoms with Crippen molar-refractivity contribution in [3.8, 4) is 0 Å². The van der Waals surface area contributed by atoms with Crippen LogP contribution in [0.4, 0.5) is 17.5 Å². The summed E-state index contributed by atoms with van der Waals surface area (Å²) in [5, 5.41) is 20.4. The van der Waals surface area contributed by atoms with Gasteiger partial charge in [0.1, 0.15) is 5.82 Å². The fraction of sp³-hybridized carbons (Fsp3) is 0.350. The molecule has 0 amide bonds. The lowest BCUT2D eigenvalue weighted by Crippen LogP contribution is -2.15. The van der Waals surface area contributed by atoms with E-state index in [1.807, 2.05) is 30.3 Å². The Balaban J connectivity index is 1.46. The van der Waals surface area contributed by atoms with Crippen LogP contribution in [0.3, 0.4) is 0 Å². The molecule has 0 radical (unpaired) electrons. The summed E-state index contributed by atoms with van der Waals surface area (Å²) < 4.78 is 0. The minimum absolute atomic E-state index is 0.243. The highest BCUT2D eigenvalue weighted by Crippen LogP contribution is 2.24. The zero-order valence-corrected chi connectivity index (χ0v) is 16.4. The first-order valence-corrected chi connectivity index (χ1v) is 9.84. The average molecular weight is 401 g/mol. The van der Waals surface area contributed by atoms with E-state index in [0.29, 0.717) is 17.5 Å². The maximum Gasteiger partial charge on any atom is 0.224 e. The number of nitrogens with zero attached hydrogens (tertiary/aromatic N) is 3. The third kappa shape index (κ3) is 5.94. The number of aromatic nitrogens is 3. The molecule has 0 spiro atoms. The molecule has 1 aromatic carbocycles. The number of aliphatic hydroxyl groups excluding tert-OH is 1. The molecule has 3 rings (SSSR count). The molecule has 0 fully saturated rings. The molecule has 0 aliphatic carbocycles. The predicted octanol–water partition coefficient (Wildman–Crippen LogP) is 3.78. The normalized spacial score (nSPS) is 10.8. The second kappa shape index (κ2) is 10.6. The topological polar surface area (TPSA) is 95.0 Å². The van der Waals surface area contributed by atoms with Gasteiger partial charge in [-0.3, -0.25) is 4.98 Å². The first kappa shape index (κ1) is 20.1. The quantitative estimate of drug-likeness (QED) is 0.364. The van der Waals surface area contributed by atoms with Crippen LogP contribution in [-0.4, -0.2) is 46.3 Å². The van der Waals surface area contributed by atoms with E-state index in [0.717, 1.165) is 54.8 Å². The Kier molecular flexibility index (Phi) is 7.63. The van der Waals surface area contributed by atoms with Gasteiger partial charge in [0, 0.05) is 54.7 Å². The van der Waals surface area contributed by atoms with Crippen LogP contribution in [0.5, 0.6) is 0 Å². The van der Waals surface area contributed by atoms with Gasteiger partial charge in [-0.25, -0.2) is 4.98 Å². The Hall–Kier alpha value is -2.64. The lowest BCUT2D eigenvalue weighted by atomic mass is 10.2. The summed E-state index contributed by atoms with van der Waals surface area (Å²) in [6.45, 7) is 2.48. The van der Waals surface area contributed by atoms with E-state index in [2.05, 4.69) is 30.9 Å². The van der Waals surface area contributed by atoms with Crippen LogP contribution in [0, 0.1) is 0 Å². The van der Waals surface area contributed by atoms with Gasteiger partial charge in [-0.15, -0.1) is 0 Å². The molecular weight excluding hydrogens is 376 g/mol. The van der Waals surface area contributed by atoms with Crippen molar-refractivity contribution >= 4 is 40.0 Å². The van der Waals surface area contributed by atoms with E-state index in [4.69, 9.17) is 16.7 Å². The Morgan fingerprint density at radius 3 is 2.61 bits per heavy atom. The van der Waals surface area contributed by atoms with Gasteiger partial charge >= 0.3 is 0 Å². The Bertz CT molecular complexity index is 891. The van der Waals surface area contributed by atoms with Crippen molar-refractivity contribution in [2.45, 2.75) is 19.3 Å². The van der Waals surface area contributed by atoms with Gasteiger partial charge in [0.05, 0.1) is 5.52 Å². The minimum Gasteiger partial charge on any atom is -0.396 e. The maximum atomic E-state index is 8.79. The largest absolute Gasteiger partial charge is 0.396 e. The van der Waals surface area contributed by atoms with Gasteiger partial charge in [0.15, 0.2) is 0 Å². The van der Waals surface area contributed by atoms with Crippen LogP contribution in [0.25, 0.3) is 10.9 Å². The molecule has 28 heavy (non-hydrogen) atoms. The number of anilines is 3. The molecule has 0 aliphatic heterocycles. The molecule has 2 aromatic heterocycles. The van der Waals surface area contributed by atoms with E-state index < -0.39 is 0 Å². The number of benzene rings is 1. The van der Waals surface area contributed by atoms with Crippen LogP contribution in [0.15, 0.2) is 42.7 Å². The van der Waals surface area contributed by atoms with Crippen molar-refractivity contribution in [2.75, 3.05) is 42.2 Å². The number of fused-ring (bicyclic) bond motifs is 1. The zero-order chi connectivity index (χ0) is 19.6. The Morgan fingerprint density at radius 2 is 1.71 bits per heavy atom. The lowest BCUT2D eigenvalue weighted by molar-refractivity contribution is 0.283.